The lowest BCUT2D eigenvalue weighted by Crippen LogP contribution is -2.29. The third-order valence-corrected chi connectivity index (χ3v) is 4.40. The summed E-state index contributed by atoms with van der Waals surface area (Å²) in [4.78, 5) is 24.3. The van der Waals surface area contributed by atoms with Crippen molar-refractivity contribution in [2.24, 2.45) is 0 Å². The second-order valence-corrected chi connectivity index (χ2v) is 6.73. The number of nitrogens with zero attached hydrogens (tertiary/aromatic N) is 2. The van der Waals surface area contributed by atoms with Crippen LogP contribution in [-0.4, -0.2) is 15.7 Å². The van der Waals surface area contributed by atoms with Crippen LogP contribution < -0.4 is 10.9 Å². The van der Waals surface area contributed by atoms with E-state index in [0.29, 0.717) is 5.69 Å². The second-order valence-electron chi connectivity index (χ2n) is 6.32. The van der Waals surface area contributed by atoms with Gasteiger partial charge in [-0.2, -0.15) is 18.3 Å². The van der Waals surface area contributed by atoms with Crippen LogP contribution in [-0.2, 0) is 17.5 Å². The smallest absolute Gasteiger partial charge is 0.323 e. The number of alkyl halides is 3. The summed E-state index contributed by atoms with van der Waals surface area (Å²) in [5.41, 5.74) is 0.619. The Hall–Kier alpha value is -3.13. The summed E-state index contributed by atoms with van der Waals surface area (Å²) in [6.07, 6.45) is -4.58. The molecule has 0 aliphatic rings. The molecule has 0 radical (unpaired) electrons. The molecule has 3 aromatic rings. The largest absolute Gasteiger partial charge is 0.416 e. The molecule has 29 heavy (non-hydrogen) atoms. The maximum atomic E-state index is 12.9. The monoisotopic (exact) mass is 421 g/mol. The van der Waals surface area contributed by atoms with Gasteiger partial charge in [0, 0.05) is 11.6 Å². The van der Waals surface area contributed by atoms with Gasteiger partial charge in [0.1, 0.15) is 6.54 Å². The molecule has 0 saturated carbocycles. The highest BCUT2D eigenvalue weighted by molar-refractivity contribution is 6.33. The molecule has 150 valence electrons. The van der Waals surface area contributed by atoms with Gasteiger partial charge in [-0.3, -0.25) is 9.59 Å². The second kappa shape index (κ2) is 8.08. The van der Waals surface area contributed by atoms with Gasteiger partial charge in [0.25, 0.3) is 5.56 Å². The van der Waals surface area contributed by atoms with Crippen LogP contribution in [0.5, 0.6) is 0 Å². The minimum atomic E-state index is -4.58. The Bertz CT molecular complexity index is 1110. The van der Waals surface area contributed by atoms with Crippen LogP contribution in [0.1, 0.15) is 11.1 Å². The fourth-order valence-corrected chi connectivity index (χ4v) is 2.73. The minimum absolute atomic E-state index is 0.0555. The minimum Gasteiger partial charge on any atom is -0.323 e. The number of carbonyl (C=O) groups is 1. The van der Waals surface area contributed by atoms with Gasteiger partial charge in [0.2, 0.25) is 5.91 Å². The van der Waals surface area contributed by atoms with Crippen molar-refractivity contribution < 1.29 is 18.0 Å². The van der Waals surface area contributed by atoms with Gasteiger partial charge >= 0.3 is 6.18 Å². The number of carbonyl (C=O) groups excluding carboxylic acids is 1. The van der Waals surface area contributed by atoms with Crippen LogP contribution in [0.3, 0.4) is 0 Å². The Balaban J connectivity index is 1.82. The van der Waals surface area contributed by atoms with E-state index in [9.17, 15) is 22.8 Å². The van der Waals surface area contributed by atoms with Gasteiger partial charge in [-0.1, -0.05) is 41.4 Å². The molecule has 1 aromatic heterocycles. The molecule has 0 aliphatic heterocycles. The predicted molar refractivity (Wildman–Crippen MR) is 104 cm³/mol. The van der Waals surface area contributed by atoms with Crippen LogP contribution >= 0.6 is 11.6 Å². The summed E-state index contributed by atoms with van der Waals surface area (Å²) in [6, 6.07) is 12.8. The molecule has 0 spiro atoms. The average molecular weight is 422 g/mol. The molecular weight excluding hydrogens is 407 g/mol. The van der Waals surface area contributed by atoms with Crippen LogP contribution in [0.15, 0.2) is 59.4 Å². The van der Waals surface area contributed by atoms with Crippen molar-refractivity contribution in [3.63, 3.8) is 0 Å². The molecule has 0 unspecified atom stereocenters. The number of benzene rings is 2. The molecule has 3 rings (SSSR count). The molecule has 9 heteroatoms. The van der Waals surface area contributed by atoms with Crippen molar-refractivity contribution in [2.45, 2.75) is 19.6 Å². The molecule has 0 bridgehead atoms. The van der Waals surface area contributed by atoms with E-state index in [-0.39, 0.29) is 10.7 Å². The lowest BCUT2D eigenvalue weighted by atomic mass is 10.1. The predicted octanol–water partition coefficient (Wildman–Crippen LogP) is 4.53. The van der Waals surface area contributed by atoms with Crippen LogP contribution in [0.25, 0.3) is 11.3 Å². The lowest BCUT2D eigenvalue weighted by molar-refractivity contribution is -0.137. The quantitative estimate of drug-likeness (QED) is 0.673. The first-order valence-corrected chi connectivity index (χ1v) is 8.83. The molecule has 1 heterocycles. The third kappa shape index (κ3) is 5.03. The van der Waals surface area contributed by atoms with Gasteiger partial charge in [0.15, 0.2) is 0 Å². The number of halogens is 4. The summed E-state index contributed by atoms with van der Waals surface area (Å²) in [5, 5.41) is 6.40. The summed E-state index contributed by atoms with van der Waals surface area (Å²) in [5.74, 6) is -0.734. The zero-order valence-corrected chi connectivity index (χ0v) is 15.9. The Labute approximate surface area is 168 Å². The van der Waals surface area contributed by atoms with Crippen LogP contribution in [0.4, 0.5) is 18.9 Å². The van der Waals surface area contributed by atoms with Crippen molar-refractivity contribution in [1.29, 1.82) is 0 Å². The number of aryl methyl sites for hydroxylation is 1. The van der Waals surface area contributed by atoms with Crippen molar-refractivity contribution in [3.8, 4) is 11.3 Å². The van der Waals surface area contributed by atoms with Gasteiger partial charge in [-0.05, 0) is 31.2 Å². The first kappa shape index (κ1) is 20.6. The summed E-state index contributed by atoms with van der Waals surface area (Å²) >= 11 is 5.88. The molecule has 5 nitrogen and oxygen atoms in total. The topological polar surface area (TPSA) is 64.0 Å². The van der Waals surface area contributed by atoms with Gasteiger partial charge in [-0.25, -0.2) is 4.68 Å². The molecular formula is C20H15ClF3N3O2. The van der Waals surface area contributed by atoms with Gasteiger partial charge in [-0.15, -0.1) is 0 Å². The highest BCUT2D eigenvalue weighted by atomic mass is 35.5. The van der Waals surface area contributed by atoms with Gasteiger partial charge < -0.3 is 5.32 Å². The van der Waals surface area contributed by atoms with E-state index in [2.05, 4.69) is 10.4 Å². The Morgan fingerprint density at radius 3 is 2.45 bits per heavy atom. The first-order valence-electron chi connectivity index (χ1n) is 8.45. The SMILES string of the molecule is Cc1ccc(-c2ccc(=O)n(CC(=O)Nc3cc(C(F)(F)F)ccc3Cl)n2)cc1. The van der Waals surface area contributed by atoms with Crippen molar-refractivity contribution in [1.82, 2.24) is 9.78 Å². The standard InChI is InChI=1S/C20H15ClF3N3O2/c1-12-2-4-13(5-3-12)16-8-9-19(29)27(26-16)11-18(28)25-17-10-14(20(22,23)24)6-7-15(17)21/h2-10H,11H2,1H3,(H,25,28). The maximum absolute atomic E-state index is 12.9. The summed E-state index contributed by atoms with van der Waals surface area (Å²) in [7, 11) is 0. The number of anilines is 1. The molecule has 0 fully saturated rings. The number of rotatable bonds is 4. The summed E-state index contributed by atoms with van der Waals surface area (Å²) in [6.45, 7) is 1.45. The molecule has 1 N–H and O–H groups in total. The van der Waals surface area contributed by atoms with Crippen LogP contribution in [0.2, 0.25) is 5.02 Å². The molecule has 0 saturated heterocycles. The van der Waals surface area contributed by atoms with Gasteiger partial charge in [0.05, 0.1) is 22.0 Å². The highest BCUT2D eigenvalue weighted by Crippen LogP contribution is 2.33. The van der Waals surface area contributed by atoms with E-state index in [1.165, 1.54) is 12.1 Å². The lowest BCUT2D eigenvalue weighted by Gasteiger charge is -2.12. The van der Waals surface area contributed by atoms with E-state index in [1.807, 2.05) is 31.2 Å². The molecule has 0 atom stereocenters. The van der Waals surface area contributed by atoms with Crippen LogP contribution in [0, 0.1) is 6.92 Å². The van der Waals surface area contributed by atoms with E-state index >= 15 is 0 Å². The fourth-order valence-electron chi connectivity index (χ4n) is 2.56. The van der Waals surface area contributed by atoms with Crippen molar-refractivity contribution in [3.05, 3.63) is 81.1 Å². The number of nitrogens with one attached hydrogen (secondary N) is 1. The van der Waals surface area contributed by atoms with E-state index < -0.39 is 29.8 Å². The van der Waals surface area contributed by atoms with Crippen molar-refractivity contribution in [2.75, 3.05) is 5.32 Å². The molecule has 0 aliphatic carbocycles. The highest BCUT2D eigenvalue weighted by Gasteiger charge is 2.31. The zero-order chi connectivity index (χ0) is 21.2. The Morgan fingerprint density at radius 2 is 1.79 bits per heavy atom. The van der Waals surface area contributed by atoms with E-state index in [0.717, 1.165) is 34.0 Å². The van der Waals surface area contributed by atoms with E-state index in [4.69, 9.17) is 11.6 Å². The molecule has 1 amide bonds. The number of hydrogen-bond donors (Lipinski definition) is 1. The number of amides is 1. The third-order valence-electron chi connectivity index (χ3n) is 4.08. The normalized spacial score (nSPS) is 11.3. The van der Waals surface area contributed by atoms with Crippen molar-refractivity contribution >= 4 is 23.2 Å². The molecule has 2 aromatic carbocycles. The summed E-state index contributed by atoms with van der Waals surface area (Å²) < 4.78 is 39.5. The number of hydrogen-bond acceptors (Lipinski definition) is 3. The Kier molecular flexibility index (Phi) is 5.74. The first-order chi connectivity index (χ1) is 13.6. The Morgan fingerprint density at radius 1 is 1.10 bits per heavy atom. The maximum Gasteiger partial charge on any atom is 0.416 e. The number of aromatic nitrogens is 2. The fraction of sp³-hybridized carbons (Fsp3) is 0.150. The average Bonchev–Trinajstić information content (AvgIpc) is 2.65. The zero-order valence-electron chi connectivity index (χ0n) is 15.1. The van der Waals surface area contributed by atoms with E-state index in [1.54, 1.807) is 0 Å².